The van der Waals surface area contributed by atoms with Crippen LogP contribution in [-0.4, -0.2) is 6.36 Å². The monoisotopic (exact) mass is 364 g/mol. The molecule has 0 saturated carbocycles. The van der Waals surface area contributed by atoms with Gasteiger partial charge in [0.2, 0.25) is 0 Å². The van der Waals surface area contributed by atoms with Gasteiger partial charge in [-0.1, -0.05) is 40.2 Å². The fraction of sp³-hybridized carbons (Fsp3) is 0.143. The van der Waals surface area contributed by atoms with Crippen molar-refractivity contribution >= 4 is 27.5 Å². The highest BCUT2D eigenvalue weighted by Crippen LogP contribution is 2.31. The van der Waals surface area contributed by atoms with Crippen LogP contribution in [0.5, 0.6) is 5.75 Å². The molecule has 2 aromatic carbocycles. The molecule has 1 nitrogen and oxygen atoms in total. The molecule has 106 valence electrons. The lowest BCUT2D eigenvalue weighted by Crippen LogP contribution is -2.17. The van der Waals surface area contributed by atoms with Crippen LogP contribution in [0, 0.1) is 0 Å². The van der Waals surface area contributed by atoms with Gasteiger partial charge in [0, 0.05) is 4.47 Å². The first kappa shape index (κ1) is 15.2. The zero-order valence-corrected chi connectivity index (χ0v) is 12.3. The Morgan fingerprint density at radius 3 is 1.80 bits per heavy atom. The highest BCUT2D eigenvalue weighted by molar-refractivity contribution is 9.10. The maximum atomic E-state index is 12.1. The third-order valence-electron chi connectivity index (χ3n) is 2.57. The maximum Gasteiger partial charge on any atom is 0.573 e. The molecule has 1 atom stereocenters. The molecule has 0 bridgehead atoms. The fourth-order valence-electron chi connectivity index (χ4n) is 1.66. The zero-order valence-electron chi connectivity index (χ0n) is 9.99. The van der Waals surface area contributed by atoms with Crippen molar-refractivity contribution in [2.24, 2.45) is 0 Å². The molecule has 2 aromatic rings. The average Bonchev–Trinajstić information content (AvgIpc) is 2.38. The highest BCUT2D eigenvalue weighted by atomic mass is 79.9. The van der Waals surface area contributed by atoms with Crippen molar-refractivity contribution in [2.45, 2.75) is 11.7 Å². The first-order valence-electron chi connectivity index (χ1n) is 5.60. The molecule has 2 rings (SSSR count). The molecule has 0 aliphatic carbocycles. The molecule has 0 amide bonds. The van der Waals surface area contributed by atoms with E-state index in [1.54, 1.807) is 0 Å². The van der Waals surface area contributed by atoms with Gasteiger partial charge in [-0.2, -0.15) is 0 Å². The Labute approximate surface area is 127 Å². The Kier molecular flexibility index (Phi) is 4.60. The third kappa shape index (κ3) is 4.15. The van der Waals surface area contributed by atoms with Gasteiger partial charge in [-0.05, 0) is 35.4 Å². The predicted molar refractivity (Wildman–Crippen MR) is 75.0 cm³/mol. The van der Waals surface area contributed by atoms with E-state index < -0.39 is 11.7 Å². The molecule has 0 spiro atoms. The van der Waals surface area contributed by atoms with Gasteiger partial charge in [0.15, 0.2) is 0 Å². The van der Waals surface area contributed by atoms with E-state index in [0.717, 1.165) is 10.0 Å². The minimum absolute atomic E-state index is 0.263. The van der Waals surface area contributed by atoms with E-state index in [1.165, 1.54) is 24.3 Å². The van der Waals surface area contributed by atoms with Gasteiger partial charge >= 0.3 is 6.36 Å². The van der Waals surface area contributed by atoms with Gasteiger partial charge in [-0.25, -0.2) is 0 Å². The van der Waals surface area contributed by atoms with E-state index in [1.807, 2.05) is 24.3 Å². The zero-order chi connectivity index (χ0) is 14.8. The molecule has 6 heteroatoms. The quantitative estimate of drug-likeness (QED) is 0.636. The second-order valence-corrected chi connectivity index (χ2v) is 5.38. The number of alkyl halides is 4. The molecule has 0 aliphatic rings. The van der Waals surface area contributed by atoms with Crippen LogP contribution in [-0.2, 0) is 0 Å². The third-order valence-corrected chi connectivity index (χ3v) is 3.60. The van der Waals surface area contributed by atoms with Crippen molar-refractivity contribution in [2.75, 3.05) is 0 Å². The van der Waals surface area contributed by atoms with Gasteiger partial charge < -0.3 is 4.74 Å². The van der Waals surface area contributed by atoms with Crippen LogP contribution in [0.4, 0.5) is 13.2 Å². The summed E-state index contributed by atoms with van der Waals surface area (Å²) < 4.78 is 40.9. The van der Waals surface area contributed by atoms with Crippen molar-refractivity contribution in [1.82, 2.24) is 0 Å². The molecule has 0 aliphatic heterocycles. The van der Waals surface area contributed by atoms with Crippen LogP contribution < -0.4 is 4.74 Å². The van der Waals surface area contributed by atoms with Crippen LogP contribution in [0.2, 0.25) is 0 Å². The van der Waals surface area contributed by atoms with Crippen LogP contribution in [0.25, 0.3) is 0 Å². The summed E-state index contributed by atoms with van der Waals surface area (Å²) in [5.41, 5.74) is 1.56. The van der Waals surface area contributed by atoms with E-state index in [0.29, 0.717) is 5.56 Å². The van der Waals surface area contributed by atoms with Crippen LogP contribution in [0.1, 0.15) is 16.5 Å². The largest absolute Gasteiger partial charge is 0.573 e. The summed E-state index contributed by atoms with van der Waals surface area (Å²) in [6, 6.07) is 12.9. The van der Waals surface area contributed by atoms with Gasteiger partial charge in [-0.3, -0.25) is 0 Å². The van der Waals surface area contributed by atoms with Crippen LogP contribution in [0.3, 0.4) is 0 Å². The molecule has 1 unspecified atom stereocenters. The van der Waals surface area contributed by atoms with E-state index >= 15 is 0 Å². The minimum atomic E-state index is -4.69. The van der Waals surface area contributed by atoms with Crippen LogP contribution in [0.15, 0.2) is 53.0 Å². The van der Waals surface area contributed by atoms with Gasteiger partial charge in [-0.15, -0.1) is 24.8 Å². The van der Waals surface area contributed by atoms with Crippen molar-refractivity contribution in [1.29, 1.82) is 0 Å². The predicted octanol–water partition coefficient (Wildman–Crippen LogP) is 5.68. The lowest BCUT2D eigenvalue weighted by atomic mass is 10.0. The molecule has 0 saturated heterocycles. The fourth-order valence-corrected chi connectivity index (χ4v) is 2.22. The molecule has 0 radical (unpaired) electrons. The van der Waals surface area contributed by atoms with Gasteiger partial charge in [0.05, 0.1) is 5.38 Å². The van der Waals surface area contributed by atoms with Gasteiger partial charge in [0.25, 0.3) is 0 Å². The summed E-state index contributed by atoms with van der Waals surface area (Å²) in [7, 11) is 0. The Morgan fingerprint density at radius 2 is 1.35 bits per heavy atom. The smallest absolute Gasteiger partial charge is 0.406 e. The Bertz CT molecular complexity index is 566. The Balaban J connectivity index is 2.15. The molecule has 0 N–H and O–H groups in total. The first-order valence-corrected chi connectivity index (χ1v) is 6.83. The van der Waals surface area contributed by atoms with Crippen molar-refractivity contribution < 1.29 is 17.9 Å². The normalized spacial score (nSPS) is 13.1. The second kappa shape index (κ2) is 6.06. The summed E-state index contributed by atoms with van der Waals surface area (Å²) >= 11 is 9.61. The van der Waals surface area contributed by atoms with E-state index in [2.05, 4.69) is 20.7 Å². The number of halogens is 5. The van der Waals surface area contributed by atoms with Crippen molar-refractivity contribution in [3.8, 4) is 5.75 Å². The van der Waals surface area contributed by atoms with Crippen molar-refractivity contribution in [3.05, 3.63) is 64.1 Å². The van der Waals surface area contributed by atoms with Gasteiger partial charge in [0.1, 0.15) is 5.75 Å². The second-order valence-electron chi connectivity index (χ2n) is 4.03. The summed E-state index contributed by atoms with van der Waals surface area (Å²) in [5.74, 6) is -0.263. The summed E-state index contributed by atoms with van der Waals surface area (Å²) in [5, 5.41) is -0.428. The average molecular weight is 366 g/mol. The highest BCUT2D eigenvalue weighted by Gasteiger charge is 2.31. The number of benzene rings is 2. The topological polar surface area (TPSA) is 9.23 Å². The molecular weight excluding hydrogens is 357 g/mol. The SMILES string of the molecule is FC(F)(F)Oc1ccc(C(Cl)c2ccc(Br)cc2)cc1. The standard InChI is InChI=1S/C14H9BrClF3O/c15-11-5-1-9(2-6-11)13(16)10-3-7-12(8-4-10)20-14(17,18)19/h1-8,13H. The van der Waals surface area contributed by atoms with Crippen molar-refractivity contribution in [3.63, 3.8) is 0 Å². The molecule has 0 heterocycles. The molecular formula is C14H9BrClF3O. The lowest BCUT2D eigenvalue weighted by molar-refractivity contribution is -0.274. The maximum absolute atomic E-state index is 12.1. The molecule has 0 aromatic heterocycles. The summed E-state index contributed by atoms with van der Waals surface area (Å²) in [6.07, 6.45) is -4.69. The Hall–Kier alpha value is -1.20. The van der Waals surface area contributed by atoms with E-state index in [9.17, 15) is 13.2 Å². The summed E-state index contributed by atoms with van der Waals surface area (Å²) in [6.45, 7) is 0. The first-order chi connectivity index (χ1) is 9.35. The lowest BCUT2D eigenvalue weighted by Gasteiger charge is -2.12. The van der Waals surface area contributed by atoms with E-state index in [-0.39, 0.29) is 5.75 Å². The number of hydrogen-bond acceptors (Lipinski definition) is 1. The Morgan fingerprint density at radius 1 is 0.900 bits per heavy atom. The van der Waals surface area contributed by atoms with E-state index in [4.69, 9.17) is 11.6 Å². The number of ether oxygens (including phenoxy) is 1. The molecule has 0 fully saturated rings. The number of hydrogen-bond donors (Lipinski definition) is 0. The molecule has 20 heavy (non-hydrogen) atoms. The number of rotatable bonds is 3. The van der Waals surface area contributed by atoms with Crippen LogP contribution >= 0.6 is 27.5 Å². The minimum Gasteiger partial charge on any atom is -0.406 e. The summed E-state index contributed by atoms with van der Waals surface area (Å²) in [4.78, 5) is 0.